The van der Waals surface area contributed by atoms with Gasteiger partial charge in [-0.1, -0.05) is 42.5 Å². The maximum atomic E-state index is 15.4. The molecule has 0 aliphatic rings. The highest BCUT2D eigenvalue weighted by molar-refractivity contribution is 7.20. The number of nitrogens with zero attached hydrogens (tertiary/aromatic N) is 1. The Morgan fingerprint density at radius 3 is 0.985 bits per heavy atom. The van der Waals surface area contributed by atoms with Gasteiger partial charge in [-0.05, 0) is 12.1 Å². The minimum absolute atomic E-state index is 0.405. The summed E-state index contributed by atoms with van der Waals surface area (Å²) in [6.45, 7) is 0.711. The van der Waals surface area contributed by atoms with E-state index in [2.05, 4.69) is 16.7 Å². The van der Waals surface area contributed by atoms with Gasteiger partial charge in [0.2, 0.25) is 5.52 Å². The summed E-state index contributed by atoms with van der Waals surface area (Å²) in [5, 5.41) is 1.01. The van der Waals surface area contributed by atoms with E-state index in [-0.39, 0.29) is 0 Å². The minimum atomic E-state index is -7.22. The van der Waals surface area contributed by atoms with Crippen LogP contribution in [0.3, 0.4) is 0 Å². The van der Waals surface area contributed by atoms with Crippen LogP contribution in [0.5, 0.6) is 0 Å². The number of benzene rings is 6. The second-order valence-electron chi connectivity index (χ2n) is 13.6. The zero-order chi connectivity index (χ0) is 48.3. The number of halogens is 20. The van der Waals surface area contributed by atoms with E-state index in [1.165, 1.54) is 5.56 Å². The molecule has 2 N–H and O–H groups in total. The Balaban J connectivity index is 0.000000289. The molecule has 0 fully saturated rings. The SMILES string of the molecule is Fc1c(F)c(F)c([B-](c2c(F)c(F)c(F)c(F)c2F)(c2c(F)c(F)c(F)c(F)c2F)c2c(F)c(F)c(F)c(F)c2F)c(F)c1F.NC(=O)c1cc2ccccc2[n+](Cc2ccccc2)c1. The van der Waals surface area contributed by atoms with Gasteiger partial charge in [-0.2, -0.15) is 4.57 Å². The summed E-state index contributed by atoms with van der Waals surface area (Å²) < 4.78 is 296. The Bertz CT molecular complexity index is 2730. The first kappa shape index (κ1) is 47.3. The Labute approximate surface area is 348 Å². The second kappa shape index (κ2) is 17.4. The van der Waals surface area contributed by atoms with Gasteiger partial charge in [-0.3, -0.25) is 4.79 Å². The van der Waals surface area contributed by atoms with E-state index in [4.69, 9.17) is 5.73 Å². The maximum absolute atomic E-state index is 15.4. The fraction of sp³-hybridized carbons (Fsp3) is 0.0244. The highest BCUT2D eigenvalue weighted by atomic mass is 19.2. The molecule has 24 heteroatoms. The normalized spacial score (nSPS) is 11.6. The van der Waals surface area contributed by atoms with E-state index >= 15 is 35.1 Å². The molecule has 0 aliphatic heterocycles. The van der Waals surface area contributed by atoms with Crippen LogP contribution in [-0.2, 0) is 6.54 Å². The van der Waals surface area contributed by atoms with E-state index in [1.807, 2.05) is 54.7 Å². The summed E-state index contributed by atoms with van der Waals surface area (Å²) in [4.78, 5) is 11.5. The lowest BCUT2D eigenvalue weighted by Gasteiger charge is -2.44. The van der Waals surface area contributed by atoms with Crippen molar-refractivity contribution < 1.29 is 97.2 Å². The third kappa shape index (κ3) is 7.42. The lowest BCUT2D eigenvalue weighted by Crippen LogP contribution is -2.81. The molecular formula is C41H15BF20N2O. The molecule has 0 saturated carbocycles. The largest absolute Gasteiger partial charge is 0.365 e. The summed E-state index contributed by atoms with van der Waals surface area (Å²) in [6, 6.07) is 20.0. The number of amides is 1. The van der Waals surface area contributed by atoms with Gasteiger partial charge in [-0.15, -0.1) is 21.9 Å². The van der Waals surface area contributed by atoms with Crippen LogP contribution in [0.15, 0.2) is 66.9 Å². The summed E-state index contributed by atoms with van der Waals surface area (Å²) in [7, 11) is 0. The van der Waals surface area contributed by atoms with Crippen LogP contribution in [0.4, 0.5) is 87.8 Å². The molecule has 6 aromatic carbocycles. The molecule has 7 rings (SSSR count). The second-order valence-corrected chi connectivity index (χ2v) is 13.6. The fourth-order valence-corrected chi connectivity index (χ4v) is 7.23. The number of carbonyl (C=O) groups excluding carboxylic acids is 1. The van der Waals surface area contributed by atoms with Crippen LogP contribution < -0.4 is 32.2 Å². The highest BCUT2D eigenvalue weighted by Gasteiger charge is 2.52. The van der Waals surface area contributed by atoms with Gasteiger partial charge < -0.3 is 5.73 Å². The third-order valence-corrected chi connectivity index (χ3v) is 10.0. The molecule has 1 amide bonds. The number of fused-ring (bicyclic) bond motifs is 1. The standard InChI is InChI=1S/C24BF20.C17H14N2O/c26-5-1(6(27)14(35)21(42)13(5)34)25(2-7(28)15(36)22(43)16(37)8(2)29,3-9(30)17(38)23(44)18(39)10(3)31)4-11(32)19(40)24(45)20(41)12(4)33;18-17(20)15-10-14-8-4-5-9-16(14)19(12-15)11-13-6-2-1-3-7-13/h;1-10,12H,11H2,(H-,18,20)/q-1;/p+1. The van der Waals surface area contributed by atoms with Gasteiger partial charge in [0, 0.05) is 17.0 Å². The van der Waals surface area contributed by atoms with Crippen LogP contribution in [0.25, 0.3) is 10.9 Å². The van der Waals surface area contributed by atoms with Gasteiger partial charge in [0.15, 0.2) is 82.5 Å². The van der Waals surface area contributed by atoms with Gasteiger partial charge in [-0.25, -0.2) is 87.8 Å². The maximum Gasteiger partial charge on any atom is 0.254 e. The van der Waals surface area contributed by atoms with Gasteiger partial charge in [0.25, 0.3) is 5.91 Å². The Kier molecular flexibility index (Phi) is 12.7. The molecule has 0 unspecified atom stereocenters. The van der Waals surface area contributed by atoms with Crippen molar-refractivity contribution in [2.45, 2.75) is 6.54 Å². The van der Waals surface area contributed by atoms with Gasteiger partial charge in [0.1, 0.15) is 58.2 Å². The number of para-hydroxylation sites is 1. The van der Waals surface area contributed by atoms with Crippen LogP contribution in [0, 0.1) is 116 Å². The monoisotopic (exact) mass is 942 g/mol. The summed E-state index contributed by atoms with van der Waals surface area (Å²) in [5.41, 5.74) is -6.12. The molecule has 0 radical (unpaired) electrons. The van der Waals surface area contributed by atoms with Crippen LogP contribution in [-0.4, -0.2) is 12.1 Å². The van der Waals surface area contributed by atoms with Crippen molar-refractivity contribution in [2.24, 2.45) is 5.73 Å². The van der Waals surface area contributed by atoms with Crippen molar-refractivity contribution in [2.75, 3.05) is 0 Å². The highest BCUT2D eigenvalue weighted by Crippen LogP contribution is 2.31. The van der Waals surface area contributed by atoms with Gasteiger partial charge in [0.05, 0.1) is 0 Å². The molecule has 7 aromatic rings. The van der Waals surface area contributed by atoms with Crippen molar-refractivity contribution in [3.63, 3.8) is 0 Å². The summed E-state index contributed by atoms with van der Waals surface area (Å²) in [6.07, 6.45) is -5.40. The van der Waals surface area contributed by atoms with Crippen molar-refractivity contribution in [3.05, 3.63) is 194 Å². The first-order valence-electron chi connectivity index (χ1n) is 17.4. The van der Waals surface area contributed by atoms with E-state index in [1.54, 1.807) is 0 Å². The lowest BCUT2D eigenvalue weighted by atomic mass is 9.12. The molecule has 0 aliphatic carbocycles. The number of primary amides is 1. The summed E-state index contributed by atoms with van der Waals surface area (Å²) in [5.74, 6) is -71.8. The molecule has 0 atom stereocenters. The molecule has 338 valence electrons. The quantitative estimate of drug-likeness (QED) is 0.0568. The number of aromatic nitrogens is 1. The molecule has 1 aromatic heterocycles. The van der Waals surface area contributed by atoms with E-state index < -0.39 is 150 Å². The first-order chi connectivity index (χ1) is 30.4. The Morgan fingerprint density at radius 2 is 0.677 bits per heavy atom. The number of pyridine rings is 1. The van der Waals surface area contributed by atoms with E-state index in [0.717, 1.165) is 10.9 Å². The molecule has 0 saturated heterocycles. The summed E-state index contributed by atoms with van der Waals surface area (Å²) >= 11 is 0. The third-order valence-electron chi connectivity index (χ3n) is 10.0. The predicted molar refractivity (Wildman–Crippen MR) is 187 cm³/mol. The van der Waals surface area contributed by atoms with Crippen molar-refractivity contribution in [3.8, 4) is 0 Å². The van der Waals surface area contributed by atoms with Crippen molar-refractivity contribution >= 4 is 44.8 Å². The number of hydrogen-bond donors (Lipinski definition) is 1. The zero-order valence-electron chi connectivity index (χ0n) is 31.1. The van der Waals surface area contributed by atoms with Crippen molar-refractivity contribution in [1.29, 1.82) is 0 Å². The number of carbonyl (C=O) groups is 1. The predicted octanol–water partition coefficient (Wildman–Crippen LogP) is 8.12. The molecular weight excluding hydrogens is 927 g/mol. The minimum Gasteiger partial charge on any atom is -0.365 e. The topological polar surface area (TPSA) is 47.0 Å². The number of rotatable bonds is 7. The van der Waals surface area contributed by atoms with Crippen LogP contribution in [0.1, 0.15) is 15.9 Å². The van der Waals surface area contributed by atoms with Gasteiger partial charge >= 0.3 is 0 Å². The van der Waals surface area contributed by atoms with E-state index in [9.17, 15) is 57.5 Å². The smallest absolute Gasteiger partial charge is 0.254 e. The fourth-order valence-electron chi connectivity index (χ4n) is 7.23. The number of hydrogen-bond acceptors (Lipinski definition) is 1. The molecule has 0 spiro atoms. The molecule has 0 bridgehead atoms. The Morgan fingerprint density at radius 1 is 0.400 bits per heavy atom. The average molecular weight is 942 g/mol. The molecule has 3 nitrogen and oxygen atoms in total. The molecule has 65 heavy (non-hydrogen) atoms. The zero-order valence-corrected chi connectivity index (χ0v) is 31.1. The Hall–Kier alpha value is -7.14. The lowest BCUT2D eigenvalue weighted by molar-refractivity contribution is -0.662. The van der Waals surface area contributed by atoms with Crippen LogP contribution in [0.2, 0.25) is 0 Å². The first-order valence-corrected chi connectivity index (χ1v) is 17.4. The molecule has 1 heterocycles. The van der Waals surface area contributed by atoms with Crippen molar-refractivity contribution in [1.82, 2.24) is 0 Å². The van der Waals surface area contributed by atoms with E-state index in [0.29, 0.717) is 12.1 Å². The number of nitrogens with two attached hydrogens (primary N) is 1. The van der Waals surface area contributed by atoms with Crippen LogP contribution >= 0.6 is 0 Å². The average Bonchev–Trinajstić information content (AvgIpc) is 3.29.